The highest BCUT2D eigenvalue weighted by Crippen LogP contribution is 2.32. The zero-order valence-electron chi connectivity index (χ0n) is 18.0. The van der Waals surface area contributed by atoms with Gasteiger partial charge in [-0.2, -0.15) is 10.2 Å². The first-order valence-corrected chi connectivity index (χ1v) is 9.42. The van der Waals surface area contributed by atoms with Gasteiger partial charge in [-0.25, -0.2) is 5.43 Å². The number of benzene rings is 2. The van der Waals surface area contributed by atoms with Crippen LogP contribution in [0.2, 0.25) is 0 Å². The van der Waals surface area contributed by atoms with Gasteiger partial charge in [-0.3, -0.25) is 14.7 Å². The Morgan fingerprint density at radius 2 is 1.72 bits per heavy atom. The van der Waals surface area contributed by atoms with Crippen LogP contribution in [-0.2, 0) is 4.79 Å². The summed E-state index contributed by atoms with van der Waals surface area (Å²) in [6.07, 6.45) is 1.43. The van der Waals surface area contributed by atoms with Crippen molar-refractivity contribution in [2.45, 2.75) is 6.92 Å². The van der Waals surface area contributed by atoms with E-state index in [2.05, 4.69) is 20.7 Å². The zero-order chi connectivity index (χ0) is 23.1. The molecule has 0 saturated heterocycles. The number of carbonyl (C=O) groups is 2. The Labute approximate surface area is 184 Å². The highest BCUT2D eigenvalue weighted by atomic mass is 16.6. The Morgan fingerprint density at radius 3 is 2.41 bits per heavy atom. The van der Waals surface area contributed by atoms with Crippen LogP contribution in [0.3, 0.4) is 0 Å². The molecule has 2 N–H and O–H groups in total. The molecule has 0 aliphatic carbocycles. The van der Waals surface area contributed by atoms with Gasteiger partial charge in [-0.1, -0.05) is 0 Å². The molecule has 10 heteroatoms. The van der Waals surface area contributed by atoms with E-state index in [1.807, 2.05) is 0 Å². The number of methoxy groups -OCH3 is 3. The van der Waals surface area contributed by atoms with Gasteiger partial charge in [0.2, 0.25) is 0 Å². The Morgan fingerprint density at radius 1 is 0.969 bits per heavy atom. The minimum Gasteiger partial charge on any atom is -0.497 e. The lowest BCUT2D eigenvalue weighted by molar-refractivity contribution is -0.132. The van der Waals surface area contributed by atoms with E-state index >= 15 is 0 Å². The SMILES string of the molecule is COc1ccc(OC)c(-c2cc(C(=O)NN=Cc3ccc(OC(C)=O)c(OC)c3)[nH]n2)c1. The molecule has 1 heterocycles. The fourth-order valence-electron chi connectivity index (χ4n) is 2.82. The molecule has 0 spiro atoms. The molecule has 2 aromatic carbocycles. The maximum atomic E-state index is 12.4. The summed E-state index contributed by atoms with van der Waals surface area (Å²) in [5, 5.41) is 10.8. The van der Waals surface area contributed by atoms with Crippen LogP contribution in [0.4, 0.5) is 0 Å². The molecule has 32 heavy (non-hydrogen) atoms. The molecule has 0 fully saturated rings. The Kier molecular flexibility index (Phi) is 7.06. The van der Waals surface area contributed by atoms with Gasteiger partial charge in [0, 0.05) is 12.5 Å². The molecule has 1 aromatic heterocycles. The second-order valence-electron chi connectivity index (χ2n) is 6.44. The van der Waals surface area contributed by atoms with Gasteiger partial charge in [-0.05, 0) is 48.0 Å². The molecular weight excluding hydrogens is 416 g/mol. The first-order valence-electron chi connectivity index (χ1n) is 9.42. The largest absolute Gasteiger partial charge is 0.497 e. The number of amides is 1. The van der Waals surface area contributed by atoms with Crippen LogP contribution < -0.4 is 24.4 Å². The van der Waals surface area contributed by atoms with Gasteiger partial charge in [0.05, 0.1) is 33.2 Å². The fourth-order valence-corrected chi connectivity index (χ4v) is 2.82. The van der Waals surface area contributed by atoms with Crippen LogP contribution in [0.5, 0.6) is 23.0 Å². The molecule has 0 aliphatic rings. The number of nitrogens with one attached hydrogen (secondary N) is 2. The summed E-state index contributed by atoms with van der Waals surface area (Å²) in [6.45, 7) is 1.30. The van der Waals surface area contributed by atoms with Crippen LogP contribution in [-0.4, -0.2) is 49.6 Å². The molecule has 3 rings (SSSR count). The number of aromatic nitrogens is 2. The zero-order valence-corrected chi connectivity index (χ0v) is 18.0. The molecule has 0 saturated carbocycles. The highest BCUT2D eigenvalue weighted by molar-refractivity contribution is 5.94. The van der Waals surface area contributed by atoms with Crippen molar-refractivity contribution in [3.63, 3.8) is 0 Å². The summed E-state index contributed by atoms with van der Waals surface area (Å²) in [6, 6.07) is 11.7. The fraction of sp³-hybridized carbons (Fsp3) is 0.182. The van der Waals surface area contributed by atoms with E-state index in [1.54, 1.807) is 56.7 Å². The van der Waals surface area contributed by atoms with Crippen molar-refractivity contribution in [1.29, 1.82) is 0 Å². The smallest absolute Gasteiger partial charge is 0.308 e. The molecule has 166 valence electrons. The Bertz CT molecular complexity index is 1160. The maximum Gasteiger partial charge on any atom is 0.308 e. The molecule has 0 radical (unpaired) electrons. The van der Waals surface area contributed by atoms with E-state index in [9.17, 15) is 9.59 Å². The summed E-state index contributed by atoms with van der Waals surface area (Å²) < 4.78 is 20.9. The summed E-state index contributed by atoms with van der Waals surface area (Å²) in [7, 11) is 4.57. The molecule has 0 atom stereocenters. The molecule has 10 nitrogen and oxygen atoms in total. The van der Waals surface area contributed by atoms with Crippen molar-refractivity contribution in [2.75, 3.05) is 21.3 Å². The van der Waals surface area contributed by atoms with Gasteiger partial charge in [0.15, 0.2) is 11.5 Å². The summed E-state index contributed by atoms with van der Waals surface area (Å²) in [4.78, 5) is 23.6. The van der Waals surface area contributed by atoms with Gasteiger partial charge in [-0.15, -0.1) is 0 Å². The van der Waals surface area contributed by atoms with Gasteiger partial charge in [0.1, 0.15) is 17.2 Å². The number of hydrazone groups is 1. The third kappa shape index (κ3) is 5.22. The molecular formula is C22H22N4O6. The lowest BCUT2D eigenvalue weighted by Crippen LogP contribution is -2.18. The number of aromatic amines is 1. The average Bonchev–Trinajstić information content (AvgIpc) is 3.29. The normalized spacial score (nSPS) is 10.6. The van der Waals surface area contributed by atoms with Crippen molar-refractivity contribution in [3.05, 3.63) is 53.7 Å². The van der Waals surface area contributed by atoms with E-state index in [0.717, 1.165) is 0 Å². The lowest BCUT2D eigenvalue weighted by atomic mass is 10.1. The maximum absolute atomic E-state index is 12.4. The predicted octanol–water partition coefficient (Wildman–Crippen LogP) is 2.79. The summed E-state index contributed by atoms with van der Waals surface area (Å²) in [5.74, 6) is 0.941. The molecule has 0 bridgehead atoms. The molecule has 0 unspecified atom stereocenters. The van der Waals surface area contributed by atoms with E-state index in [0.29, 0.717) is 39.8 Å². The molecule has 0 aliphatic heterocycles. The summed E-state index contributed by atoms with van der Waals surface area (Å²) in [5.41, 5.74) is 4.45. The van der Waals surface area contributed by atoms with Crippen molar-refractivity contribution in [3.8, 4) is 34.3 Å². The third-order valence-electron chi connectivity index (χ3n) is 4.33. The number of carbonyl (C=O) groups excluding carboxylic acids is 2. The van der Waals surface area contributed by atoms with Crippen LogP contribution in [0, 0.1) is 0 Å². The van der Waals surface area contributed by atoms with Gasteiger partial charge >= 0.3 is 5.97 Å². The average molecular weight is 438 g/mol. The van der Waals surface area contributed by atoms with Crippen LogP contribution >= 0.6 is 0 Å². The second kappa shape index (κ2) is 10.1. The molecule has 1 amide bonds. The number of esters is 1. The topological polar surface area (TPSA) is 124 Å². The van der Waals surface area contributed by atoms with E-state index < -0.39 is 11.9 Å². The number of rotatable bonds is 8. The monoisotopic (exact) mass is 438 g/mol. The molecule has 3 aromatic rings. The predicted molar refractivity (Wildman–Crippen MR) is 116 cm³/mol. The van der Waals surface area contributed by atoms with Crippen LogP contribution in [0.1, 0.15) is 23.0 Å². The van der Waals surface area contributed by atoms with Crippen molar-refractivity contribution in [2.24, 2.45) is 5.10 Å². The van der Waals surface area contributed by atoms with Gasteiger partial charge < -0.3 is 18.9 Å². The first-order chi connectivity index (χ1) is 15.4. The minimum atomic E-state index is -0.481. The first kappa shape index (κ1) is 22.3. The number of nitrogens with zero attached hydrogens (tertiary/aromatic N) is 2. The van der Waals surface area contributed by atoms with E-state index in [1.165, 1.54) is 20.2 Å². The van der Waals surface area contributed by atoms with Crippen molar-refractivity contribution in [1.82, 2.24) is 15.6 Å². The Hall–Kier alpha value is -4.34. The highest BCUT2D eigenvalue weighted by Gasteiger charge is 2.15. The van der Waals surface area contributed by atoms with E-state index in [4.69, 9.17) is 18.9 Å². The van der Waals surface area contributed by atoms with Crippen LogP contribution in [0.15, 0.2) is 47.6 Å². The quantitative estimate of drug-likeness (QED) is 0.240. The number of H-pyrrole nitrogens is 1. The Balaban J connectivity index is 1.71. The third-order valence-corrected chi connectivity index (χ3v) is 4.33. The number of ether oxygens (including phenoxy) is 4. The van der Waals surface area contributed by atoms with Crippen LogP contribution in [0.25, 0.3) is 11.3 Å². The lowest BCUT2D eigenvalue weighted by Gasteiger charge is -2.08. The minimum absolute atomic E-state index is 0.213. The summed E-state index contributed by atoms with van der Waals surface area (Å²) >= 11 is 0. The number of hydrogen-bond acceptors (Lipinski definition) is 8. The van der Waals surface area contributed by atoms with Gasteiger partial charge in [0.25, 0.3) is 5.91 Å². The standard InChI is InChI=1S/C22H22N4O6/c1-13(27)32-20-7-5-14(9-21(20)31-4)12-23-26-22(28)18-11-17(24-25-18)16-10-15(29-2)6-8-19(16)30-3/h5-12H,1-4H3,(H,24,25)(H,26,28). The second-order valence-corrected chi connectivity index (χ2v) is 6.44. The van der Waals surface area contributed by atoms with Crippen molar-refractivity contribution < 1.29 is 28.5 Å². The van der Waals surface area contributed by atoms with E-state index in [-0.39, 0.29) is 5.69 Å². The van der Waals surface area contributed by atoms with Crippen molar-refractivity contribution >= 4 is 18.1 Å². The number of hydrogen-bond donors (Lipinski definition) is 2.